The van der Waals surface area contributed by atoms with E-state index in [0.29, 0.717) is 12.8 Å². The number of benzene rings is 1. The standard InChI is InChI=1S/C22H29N5O6/c1-12(28)19(22(33)27-8-4-7-17(27)21(32)25-11-18(29)30)26-20(31)15(23)9-13-10-24-16-6-3-2-5-14(13)16/h2-3,5-6,10,12,15,17,19,24,28H,4,7-9,11,23H2,1H3,(H,25,32)(H,26,31)(H,29,30). The SMILES string of the molecule is CC(O)C(NC(=O)C(N)Cc1c[nH]c2ccccc12)C(=O)N1CCCC1C(=O)NCC(=O)O. The molecule has 1 aliphatic rings. The van der Waals surface area contributed by atoms with E-state index in [1.54, 1.807) is 6.20 Å². The lowest BCUT2D eigenvalue weighted by atomic mass is 10.0. The number of fused-ring (bicyclic) bond motifs is 1. The van der Waals surface area contributed by atoms with E-state index in [0.717, 1.165) is 16.5 Å². The predicted octanol–water partition coefficient (Wildman–Crippen LogP) is -0.905. The summed E-state index contributed by atoms with van der Waals surface area (Å²) in [6.07, 6.45) is 1.67. The van der Waals surface area contributed by atoms with Crippen molar-refractivity contribution in [1.29, 1.82) is 0 Å². The van der Waals surface area contributed by atoms with Crippen LogP contribution in [0.1, 0.15) is 25.3 Å². The van der Waals surface area contributed by atoms with Crippen LogP contribution in [-0.2, 0) is 25.6 Å². The third kappa shape index (κ3) is 5.68. The van der Waals surface area contributed by atoms with Gasteiger partial charge in [0.2, 0.25) is 17.7 Å². The molecule has 0 spiro atoms. The quantitative estimate of drug-likeness (QED) is 0.281. The van der Waals surface area contributed by atoms with Gasteiger partial charge in [-0.25, -0.2) is 0 Å². The van der Waals surface area contributed by atoms with Gasteiger partial charge in [0.1, 0.15) is 18.6 Å². The summed E-state index contributed by atoms with van der Waals surface area (Å²) in [7, 11) is 0. The Hall–Kier alpha value is -3.44. The number of H-pyrrole nitrogens is 1. The van der Waals surface area contributed by atoms with Gasteiger partial charge >= 0.3 is 5.97 Å². The number of hydrogen-bond acceptors (Lipinski definition) is 6. The van der Waals surface area contributed by atoms with Crippen LogP contribution in [0.2, 0.25) is 0 Å². The summed E-state index contributed by atoms with van der Waals surface area (Å²) in [4.78, 5) is 53.3. The Morgan fingerprint density at radius 2 is 2.00 bits per heavy atom. The highest BCUT2D eigenvalue weighted by Gasteiger charge is 2.39. The van der Waals surface area contributed by atoms with Crippen molar-refractivity contribution in [3.8, 4) is 0 Å². The highest BCUT2D eigenvalue weighted by Crippen LogP contribution is 2.20. The molecule has 1 aliphatic heterocycles. The Bertz CT molecular complexity index is 1040. The average molecular weight is 460 g/mol. The van der Waals surface area contributed by atoms with E-state index in [1.165, 1.54) is 11.8 Å². The first-order chi connectivity index (χ1) is 15.7. The first kappa shape index (κ1) is 24.2. The van der Waals surface area contributed by atoms with Crippen molar-refractivity contribution in [3.63, 3.8) is 0 Å². The molecule has 1 saturated heterocycles. The van der Waals surface area contributed by atoms with Gasteiger partial charge in [0.05, 0.1) is 12.1 Å². The molecule has 1 aromatic heterocycles. The van der Waals surface area contributed by atoms with Crippen molar-refractivity contribution >= 4 is 34.6 Å². The van der Waals surface area contributed by atoms with Crippen LogP contribution in [0, 0.1) is 0 Å². The highest BCUT2D eigenvalue weighted by molar-refractivity contribution is 5.94. The van der Waals surface area contributed by atoms with Crippen LogP contribution >= 0.6 is 0 Å². The second-order valence-electron chi connectivity index (χ2n) is 8.20. The van der Waals surface area contributed by atoms with Crippen LogP contribution in [-0.4, -0.2) is 81.1 Å². The second-order valence-corrected chi connectivity index (χ2v) is 8.20. The fourth-order valence-corrected chi connectivity index (χ4v) is 4.04. The lowest BCUT2D eigenvalue weighted by Crippen LogP contribution is -2.59. The van der Waals surface area contributed by atoms with Gasteiger partial charge < -0.3 is 36.5 Å². The number of amides is 3. The van der Waals surface area contributed by atoms with Crippen LogP contribution < -0.4 is 16.4 Å². The number of carboxylic acids is 1. The molecule has 3 rings (SSSR count). The van der Waals surface area contributed by atoms with Gasteiger partial charge in [0.15, 0.2) is 0 Å². The molecule has 1 aromatic carbocycles. The number of hydrogen-bond donors (Lipinski definition) is 6. The zero-order valence-electron chi connectivity index (χ0n) is 18.3. The van der Waals surface area contributed by atoms with Crippen LogP contribution in [0.4, 0.5) is 0 Å². The zero-order chi connectivity index (χ0) is 24.1. The fraction of sp³-hybridized carbons (Fsp3) is 0.455. The topological polar surface area (TPSA) is 178 Å². The Morgan fingerprint density at radius 1 is 1.27 bits per heavy atom. The summed E-state index contributed by atoms with van der Waals surface area (Å²) in [5.74, 6) is -3.01. The molecule has 4 atom stereocenters. The summed E-state index contributed by atoms with van der Waals surface area (Å²) in [6, 6.07) is 4.47. The lowest BCUT2D eigenvalue weighted by Gasteiger charge is -2.30. The van der Waals surface area contributed by atoms with E-state index in [4.69, 9.17) is 10.8 Å². The number of aliphatic carboxylic acids is 1. The summed E-state index contributed by atoms with van der Waals surface area (Å²) in [6.45, 7) is 1.06. The number of likely N-dealkylation sites (tertiary alicyclic amines) is 1. The summed E-state index contributed by atoms with van der Waals surface area (Å²) in [5.41, 5.74) is 7.86. The predicted molar refractivity (Wildman–Crippen MR) is 119 cm³/mol. The minimum Gasteiger partial charge on any atom is -0.480 e. The third-order valence-corrected chi connectivity index (χ3v) is 5.75. The first-order valence-electron chi connectivity index (χ1n) is 10.8. The maximum Gasteiger partial charge on any atom is 0.322 e. The van der Waals surface area contributed by atoms with Crippen molar-refractivity contribution < 1.29 is 29.4 Å². The maximum absolute atomic E-state index is 13.1. The number of aliphatic hydroxyl groups excluding tert-OH is 1. The number of aromatic nitrogens is 1. The largest absolute Gasteiger partial charge is 0.480 e. The van der Waals surface area contributed by atoms with E-state index >= 15 is 0 Å². The minimum atomic E-state index is -1.29. The monoisotopic (exact) mass is 459 g/mol. The normalized spacial score (nSPS) is 18.5. The van der Waals surface area contributed by atoms with E-state index in [1.807, 2.05) is 24.3 Å². The number of para-hydroxylation sites is 1. The fourth-order valence-electron chi connectivity index (χ4n) is 4.04. The number of carboxylic acid groups (broad SMARTS) is 1. The number of nitrogens with one attached hydrogen (secondary N) is 3. The molecule has 33 heavy (non-hydrogen) atoms. The Labute approximate surface area is 190 Å². The Balaban J connectivity index is 1.66. The number of carbonyl (C=O) groups excluding carboxylic acids is 3. The third-order valence-electron chi connectivity index (χ3n) is 5.75. The molecule has 0 saturated carbocycles. The average Bonchev–Trinajstić information content (AvgIpc) is 3.42. The number of aliphatic hydroxyl groups is 1. The number of rotatable bonds is 9. The van der Waals surface area contributed by atoms with Crippen LogP contribution in [0.15, 0.2) is 30.5 Å². The van der Waals surface area contributed by atoms with Crippen molar-refractivity contribution in [1.82, 2.24) is 20.5 Å². The molecule has 11 nitrogen and oxygen atoms in total. The molecular weight excluding hydrogens is 430 g/mol. The zero-order valence-corrected chi connectivity index (χ0v) is 18.3. The molecule has 0 aliphatic carbocycles. The second kappa shape index (κ2) is 10.5. The van der Waals surface area contributed by atoms with Crippen LogP contribution in [0.3, 0.4) is 0 Å². The van der Waals surface area contributed by atoms with Gasteiger partial charge in [-0.15, -0.1) is 0 Å². The molecule has 7 N–H and O–H groups in total. The van der Waals surface area contributed by atoms with Crippen molar-refractivity contribution in [2.24, 2.45) is 5.73 Å². The van der Waals surface area contributed by atoms with E-state index in [-0.39, 0.29) is 13.0 Å². The number of aromatic amines is 1. The van der Waals surface area contributed by atoms with Crippen LogP contribution in [0.5, 0.6) is 0 Å². The van der Waals surface area contributed by atoms with Crippen molar-refractivity contribution in [2.45, 2.75) is 50.4 Å². The van der Waals surface area contributed by atoms with Gasteiger partial charge in [-0.05, 0) is 37.8 Å². The Kier molecular flexibility index (Phi) is 7.67. The molecule has 178 valence electrons. The van der Waals surface area contributed by atoms with Gasteiger partial charge in [-0.2, -0.15) is 0 Å². The number of nitrogens with zero attached hydrogens (tertiary/aromatic N) is 1. The molecule has 3 amide bonds. The number of nitrogens with two attached hydrogens (primary N) is 1. The smallest absolute Gasteiger partial charge is 0.322 e. The van der Waals surface area contributed by atoms with E-state index in [9.17, 15) is 24.3 Å². The maximum atomic E-state index is 13.1. The molecule has 0 radical (unpaired) electrons. The first-order valence-corrected chi connectivity index (χ1v) is 10.8. The molecule has 4 unspecified atom stereocenters. The molecule has 11 heteroatoms. The van der Waals surface area contributed by atoms with Gasteiger partial charge in [0, 0.05) is 23.6 Å². The molecule has 2 aromatic rings. The van der Waals surface area contributed by atoms with Crippen molar-refractivity contribution in [2.75, 3.05) is 13.1 Å². The molecule has 1 fully saturated rings. The summed E-state index contributed by atoms with van der Waals surface area (Å²) < 4.78 is 0. The van der Waals surface area contributed by atoms with Crippen LogP contribution in [0.25, 0.3) is 10.9 Å². The number of carbonyl (C=O) groups is 4. The van der Waals surface area contributed by atoms with E-state index in [2.05, 4.69) is 15.6 Å². The summed E-state index contributed by atoms with van der Waals surface area (Å²) in [5, 5.41) is 24.7. The molecular formula is C22H29N5O6. The molecule has 2 heterocycles. The van der Waals surface area contributed by atoms with Crippen molar-refractivity contribution in [3.05, 3.63) is 36.0 Å². The van der Waals surface area contributed by atoms with Gasteiger partial charge in [0.25, 0.3) is 0 Å². The summed E-state index contributed by atoms with van der Waals surface area (Å²) >= 11 is 0. The van der Waals surface area contributed by atoms with Gasteiger partial charge in [-0.3, -0.25) is 19.2 Å². The lowest BCUT2D eigenvalue weighted by molar-refractivity contribution is -0.144. The Morgan fingerprint density at radius 3 is 2.70 bits per heavy atom. The van der Waals surface area contributed by atoms with E-state index < -0.39 is 54.5 Å². The highest BCUT2D eigenvalue weighted by atomic mass is 16.4. The van der Waals surface area contributed by atoms with Gasteiger partial charge in [-0.1, -0.05) is 18.2 Å². The minimum absolute atomic E-state index is 0.223. The molecule has 0 bridgehead atoms.